The lowest BCUT2D eigenvalue weighted by atomic mass is 9.55. The molecule has 0 radical (unpaired) electrons. The maximum atomic E-state index is 2.56. The van der Waals surface area contributed by atoms with E-state index in [1.165, 1.54) is 104 Å². The number of rotatable bonds is 4. The first kappa shape index (κ1) is 33.3. The smallest absolute Gasteiger partial charge is 0.0726 e. The van der Waals surface area contributed by atoms with Crippen molar-refractivity contribution in [3.63, 3.8) is 0 Å². The topological polar surface area (TPSA) is 3.24 Å². The van der Waals surface area contributed by atoms with E-state index in [1.807, 2.05) is 0 Å². The van der Waals surface area contributed by atoms with Crippen LogP contribution in [0.5, 0.6) is 0 Å². The first-order valence-electron chi connectivity index (χ1n) is 20.9. The van der Waals surface area contributed by atoms with Gasteiger partial charge in [0, 0.05) is 22.0 Å². The minimum atomic E-state index is -0.602. The Bertz CT molecular complexity index is 3530. The lowest BCUT2D eigenvalue weighted by molar-refractivity contribution is 0.754. The van der Waals surface area contributed by atoms with Crippen molar-refractivity contribution in [1.29, 1.82) is 0 Å². The predicted octanol–water partition coefficient (Wildman–Crippen LogP) is 15.8. The highest BCUT2D eigenvalue weighted by molar-refractivity contribution is 6.13. The molecule has 0 bridgehead atoms. The third-order valence-corrected chi connectivity index (χ3v) is 13.4. The van der Waals surface area contributed by atoms with Gasteiger partial charge in [-0.25, -0.2) is 0 Å². The van der Waals surface area contributed by atoms with Crippen molar-refractivity contribution >= 4 is 60.2 Å². The molecule has 2 aliphatic rings. The average Bonchev–Trinajstić information content (AvgIpc) is 3.32. The fraction of sp³-hybridized carbons (Fsp3) is 0.0169. The van der Waals surface area contributed by atoms with Crippen molar-refractivity contribution in [3.8, 4) is 33.4 Å². The van der Waals surface area contributed by atoms with E-state index in [1.54, 1.807) is 0 Å². The summed E-state index contributed by atoms with van der Waals surface area (Å²) in [5.41, 5.74) is 15.6. The first-order chi connectivity index (χ1) is 29.8. The summed E-state index contributed by atoms with van der Waals surface area (Å²) in [5.74, 6) is 0. The molecule has 11 aromatic rings. The van der Waals surface area contributed by atoms with E-state index in [0.29, 0.717) is 0 Å². The van der Waals surface area contributed by atoms with Gasteiger partial charge in [0.05, 0.1) is 16.8 Å². The fourth-order valence-corrected chi connectivity index (χ4v) is 11.0. The van der Waals surface area contributed by atoms with Crippen LogP contribution in [-0.2, 0) is 5.41 Å². The molecular weight excluding hydrogens is 723 g/mol. The molecule has 0 saturated carbocycles. The quantitative estimate of drug-likeness (QED) is 0.173. The third kappa shape index (κ3) is 4.47. The molecule has 60 heavy (non-hydrogen) atoms. The molecule has 1 heteroatoms. The summed E-state index contributed by atoms with van der Waals surface area (Å²) < 4.78 is 0. The summed E-state index contributed by atoms with van der Waals surface area (Å²) in [6.07, 6.45) is 0. The highest BCUT2D eigenvalue weighted by atomic mass is 15.1. The molecule has 0 amide bonds. The number of anilines is 3. The summed E-state index contributed by atoms with van der Waals surface area (Å²) in [5, 5.41) is 10.0. The van der Waals surface area contributed by atoms with Gasteiger partial charge in [0.25, 0.3) is 0 Å². The zero-order valence-corrected chi connectivity index (χ0v) is 32.8. The molecular formula is C59H37N. The standard InChI is InChI=1S/C59H37N/c1-2-15-39(16-3-1)46-35-33-40-18-5-7-25-45(40)58(46)60(55-32-14-19-38-17-4-6-24-44(38)55)43-34-36-48-50-28-11-21-42-23-13-31-53(57(42)50)59(54(48)37-43)51-29-9-8-26-47(51)49-27-10-20-41-22-12-30-52(59)56(41)49/h1-37H. The van der Waals surface area contributed by atoms with Crippen LogP contribution in [0.2, 0.25) is 0 Å². The Morgan fingerprint density at radius 2 is 0.800 bits per heavy atom. The Kier molecular flexibility index (Phi) is 7.00. The van der Waals surface area contributed by atoms with Crippen LogP contribution in [0.1, 0.15) is 22.3 Å². The van der Waals surface area contributed by atoms with Crippen molar-refractivity contribution < 1.29 is 0 Å². The van der Waals surface area contributed by atoms with Crippen molar-refractivity contribution in [1.82, 2.24) is 0 Å². The number of hydrogen-bond acceptors (Lipinski definition) is 1. The van der Waals surface area contributed by atoms with Crippen molar-refractivity contribution in [3.05, 3.63) is 247 Å². The molecule has 1 spiro atoms. The van der Waals surface area contributed by atoms with Gasteiger partial charge in [0.1, 0.15) is 0 Å². The number of nitrogens with zero attached hydrogens (tertiary/aromatic N) is 1. The van der Waals surface area contributed by atoms with Crippen LogP contribution in [0.4, 0.5) is 17.1 Å². The first-order valence-corrected chi connectivity index (χ1v) is 20.9. The molecule has 1 nitrogen and oxygen atoms in total. The van der Waals surface area contributed by atoms with E-state index in [4.69, 9.17) is 0 Å². The predicted molar refractivity (Wildman–Crippen MR) is 253 cm³/mol. The van der Waals surface area contributed by atoms with E-state index in [2.05, 4.69) is 229 Å². The molecule has 0 fully saturated rings. The molecule has 11 aromatic carbocycles. The van der Waals surface area contributed by atoms with Gasteiger partial charge in [-0.15, -0.1) is 0 Å². The van der Waals surface area contributed by atoms with Crippen LogP contribution in [0.25, 0.3) is 76.5 Å². The van der Waals surface area contributed by atoms with Gasteiger partial charge in [-0.1, -0.05) is 206 Å². The van der Waals surface area contributed by atoms with Gasteiger partial charge >= 0.3 is 0 Å². The molecule has 0 saturated heterocycles. The van der Waals surface area contributed by atoms with Crippen molar-refractivity contribution in [2.24, 2.45) is 0 Å². The monoisotopic (exact) mass is 759 g/mol. The SMILES string of the molecule is c1ccc(-c2ccc3ccccc3c2N(c2ccc3c(c2)C2(c4ccccc4-c4cccc5cccc2c45)c2cccc4cccc-3c24)c2cccc3ccccc23)cc1. The fourth-order valence-electron chi connectivity index (χ4n) is 11.0. The Balaban J connectivity index is 1.21. The number of fused-ring (bicyclic) bond motifs is 10. The molecule has 0 aromatic heterocycles. The van der Waals surface area contributed by atoms with Crippen LogP contribution in [0.15, 0.2) is 224 Å². The molecule has 0 N–H and O–H groups in total. The molecule has 0 aliphatic heterocycles. The molecule has 278 valence electrons. The van der Waals surface area contributed by atoms with E-state index < -0.39 is 5.41 Å². The molecule has 1 unspecified atom stereocenters. The zero-order valence-electron chi connectivity index (χ0n) is 32.8. The van der Waals surface area contributed by atoms with E-state index in [0.717, 1.165) is 11.4 Å². The molecule has 0 heterocycles. The Morgan fingerprint density at radius 1 is 0.300 bits per heavy atom. The van der Waals surface area contributed by atoms with Gasteiger partial charge in [0.15, 0.2) is 0 Å². The number of benzene rings is 11. The van der Waals surface area contributed by atoms with E-state index in [9.17, 15) is 0 Å². The summed E-state index contributed by atoms with van der Waals surface area (Å²) >= 11 is 0. The highest BCUT2D eigenvalue weighted by Gasteiger charge is 2.48. The summed E-state index contributed by atoms with van der Waals surface area (Å²) in [6.45, 7) is 0. The lowest BCUT2D eigenvalue weighted by Gasteiger charge is -2.46. The second-order valence-electron chi connectivity index (χ2n) is 16.3. The van der Waals surface area contributed by atoms with E-state index in [-0.39, 0.29) is 0 Å². The van der Waals surface area contributed by atoms with E-state index >= 15 is 0 Å². The number of hydrogen-bond donors (Lipinski definition) is 0. The summed E-state index contributed by atoms with van der Waals surface area (Å²) in [7, 11) is 0. The Morgan fingerprint density at radius 3 is 1.53 bits per heavy atom. The molecule has 1 atom stereocenters. The maximum absolute atomic E-state index is 2.56. The van der Waals surface area contributed by atoms with Gasteiger partial charge in [-0.2, -0.15) is 0 Å². The van der Waals surface area contributed by atoms with Gasteiger partial charge in [0.2, 0.25) is 0 Å². The zero-order chi connectivity index (χ0) is 39.4. The van der Waals surface area contributed by atoms with Crippen LogP contribution in [0, 0.1) is 0 Å². The largest absolute Gasteiger partial charge is 0.309 e. The Hall–Kier alpha value is -7.74. The molecule has 13 rings (SSSR count). The highest BCUT2D eigenvalue weighted by Crippen LogP contribution is 2.62. The van der Waals surface area contributed by atoms with Crippen LogP contribution >= 0.6 is 0 Å². The Labute approximate surface area is 349 Å². The van der Waals surface area contributed by atoms with Crippen LogP contribution in [-0.4, -0.2) is 0 Å². The van der Waals surface area contributed by atoms with Crippen molar-refractivity contribution in [2.75, 3.05) is 4.90 Å². The van der Waals surface area contributed by atoms with Gasteiger partial charge in [-0.3, -0.25) is 0 Å². The van der Waals surface area contributed by atoms with Gasteiger partial charge < -0.3 is 4.90 Å². The average molecular weight is 760 g/mol. The third-order valence-electron chi connectivity index (χ3n) is 13.4. The second kappa shape index (κ2) is 12.6. The van der Waals surface area contributed by atoms with Crippen molar-refractivity contribution in [2.45, 2.75) is 5.41 Å². The summed E-state index contributed by atoms with van der Waals surface area (Å²) in [4.78, 5) is 2.56. The van der Waals surface area contributed by atoms with Crippen LogP contribution < -0.4 is 4.90 Å². The second-order valence-corrected chi connectivity index (χ2v) is 16.3. The minimum Gasteiger partial charge on any atom is -0.309 e. The maximum Gasteiger partial charge on any atom is 0.0726 e. The van der Waals surface area contributed by atoms with Gasteiger partial charge in [-0.05, 0) is 101 Å². The minimum absolute atomic E-state index is 0.602. The lowest BCUT2D eigenvalue weighted by Crippen LogP contribution is -2.36. The molecule has 2 aliphatic carbocycles. The van der Waals surface area contributed by atoms with Crippen LogP contribution in [0.3, 0.4) is 0 Å². The summed E-state index contributed by atoms with van der Waals surface area (Å²) in [6, 6.07) is 84.0. The normalized spacial score (nSPS) is 14.7.